The van der Waals surface area contributed by atoms with Crippen molar-refractivity contribution >= 4 is 23.2 Å². The van der Waals surface area contributed by atoms with Crippen LogP contribution >= 0.6 is 11.6 Å². The van der Waals surface area contributed by atoms with E-state index < -0.39 is 0 Å². The molecule has 3 aromatic rings. The van der Waals surface area contributed by atoms with Gasteiger partial charge in [0.1, 0.15) is 6.33 Å². The lowest BCUT2D eigenvalue weighted by Gasteiger charge is -2.07. The smallest absolute Gasteiger partial charge is 0.257 e. The van der Waals surface area contributed by atoms with Crippen LogP contribution in [0.3, 0.4) is 0 Å². The van der Waals surface area contributed by atoms with Gasteiger partial charge in [-0.05, 0) is 46.8 Å². The van der Waals surface area contributed by atoms with Crippen LogP contribution in [0.1, 0.15) is 10.4 Å². The number of rotatable bonds is 3. The summed E-state index contributed by atoms with van der Waals surface area (Å²) in [5.41, 5.74) is 1.90. The Bertz CT molecular complexity index is 755. The van der Waals surface area contributed by atoms with E-state index in [2.05, 4.69) is 20.8 Å². The zero-order valence-electron chi connectivity index (χ0n) is 10.8. The van der Waals surface area contributed by atoms with Crippen LogP contribution in [0, 0.1) is 0 Å². The van der Waals surface area contributed by atoms with Crippen LogP contribution in [0.25, 0.3) is 5.69 Å². The molecule has 3 rings (SSSR count). The summed E-state index contributed by atoms with van der Waals surface area (Å²) in [7, 11) is 0. The lowest BCUT2D eigenvalue weighted by molar-refractivity contribution is 0.102. The van der Waals surface area contributed by atoms with Crippen LogP contribution in [-0.4, -0.2) is 26.1 Å². The average molecular weight is 300 g/mol. The molecular formula is C14H10ClN5O. The number of amides is 1. The van der Waals surface area contributed by atoms with Crippen LogP contribution in [0.4, 0.5) is 5.69 Å². The Morgan fingerprint density at radius 3 is 2.52 bits per heavy atom. The molecule has 0 unspecified atom stereocenters. The fourth-order valence-electron chi connectivity index (χ4n) is 1.82. The quantitative estimate of drug-likeness (QED) is 0.806. The van der Waals surface area contributed by atoms with Crippen molar-refractivity contribution in [2.75, 3.05) is 5.32 Å². The van der Waals surface area contributed by atoms with Gasteiger partial charge in [0.2, 0.25) is 0 Å². The molecule has 1 amide bonds. The van der Waals surface area contributed by atoms with Crippen molar-refractivity contribution in [3.8, 4) is 5.69 Å². The SMILES string of the molecule is O=C(Nc1ccc(-n2cnnn2)cc1)c1ccccc1Cl. The molecule has 0 spiro atoms. The van der Waals surface area contributed by atoms with E-state index in [1.807, 2.05) is 0 Å². The Morgan fingerprint density at radius 2 is 1.86 bits per heavy atom. The molecule has 6 nitrogen and oxygen atoms in total. The minimum absolute atomic E-state index is 0.254. The first-order valence-electron chi connectivity index (χ1n) is 6.13. The molecule has 2 aromatic carbocycles. The molecule has 0 aliphatic carbocycles. The fraction of sp³-hybridized carbons (Fsp3) is 0. The van der Waals surface area contributed by atoms with Gasteiger partial charge in [-0.1, -0.05) is 23.7 Å². The largest absolute Gasteiger partial charge is 0.322 e. The van der Waals surface area contributed by atoms with Crippen molar-refractivity contribution in [1.82, 2.24) is 20.2 Å². The molecule has 0 saturated carbocycles. The third kappa shape index (κ3) is 2.90. The highest BCUT2D eigenvalue weighted by molar-refractivity contribution is 6.34. The van der Waals surface area contributed by atoms with Crippen molar-refractivity contribution in [3.05, 3.63) is 65.4 Å². The number of hydrogen-bond donors (Lipinski definition) is 1. The molecule has 1 heterocycles. The molecular weight excluding hydrogens is 290 g/mol. The first-order chi connectivity index (χ1) is 10.2. The normalized spacial score (nSPS) is 10.3. The Morgan fingerprint density at radius 1 is 1.10 bits per heavy atom. The summed E-state index contributed by atoms with van der Waals surface area (Å²) in [5.74, 6) is -0.254. The van der Waals surface area contributed by atoms with E-state index in [1.165, 1.54) is 11.0 Å². The van der Waals surface area contributed by atoms with Crippen molar-refractivity contribution in [1.29, 1.82) is 0 Å². The van der Waals surface area contributed by atoms with Crippen LogP contribution < -0.4 is 5.32 Å². The number of carbonyl (C=O) groups is 1. The van der Waals surface area contributed by atoms with E-state index in [0.717, 1.165) is 5.69 Å². The molecule has 1 N–H and O–H groups in total. The second-order valence-electron chi connectivity index (χ2n) is 4.24. The Labute approximate surface area is 125 Å². The van der Waals surface area contributed by atoms with Crippen molar-refractivity contribution in [2.45, 2.75) is 0 Å². The summed E-state index contributed by atoms with van der Waals surface area (Å²) in [5, 5.41) is 14.1. The van der Waals surface area contributed by atoms with Gasteiger partial charge in [0.15, 0.2) is 0 Å². The zero-order valence-corrected chi connectivity index (χ0v) is 11.5. The Hall–Kier alpha value is -2.73. The lowest BCUT2D eigenvalue weighted by atomic mass is 10.2. The van der Waals surface area contributed by atoms with Crippen LogP contribution in [0.5, 0.6) is 0 Å². The van der Waals surface area contributed by atoms with Gasteiger partial charge in [0.05, 0.1) is 16.3 Å². The van der Waals surface area contributed by atoms with Crippen molar-refractivity contribution in [2.24, 2.45) is 0 Å². The molecule has 0 atom stereocenters. The molecule has 21 heavy (non-hydrogen) atoms. The van der Waals surface area contributed by atoms with Gasteiger partial charge in [0.25, 0.3) is 5.91 Å². The highest BCUT2D eigenvalue weighted by Crippen LogP contribution is 2.18. The molecule has 1 aromatic heterocycles. The maximum Gasteiger partial charge on any atom is 0.257 e. The first kappa shape index (κ1) is 13.3. The second kappa shape index (κ2) is 5.72. The molecule has 0 fully saturated rings. The molecule has 0 aliphatic rings. The van der Waals surface area contributed by atoms with Gasteiger partial charge in [-0.15, -0.1) is 5.10 Å². The highest BCUT2D eigenvalue weighted by Gasteiger charge is 2.09. The number of nitrogens with one attached hydrogen (secondary N) is 1. The van der Waals surface area contributed by atoms with Crippen LogP contribution in [0.2, 0.25) is 5.02 Å². The van der Waals surface area contributed by atoms with Crippen molar-refractivity contribution in [3.63, 3.8) is 0 Å². The Balaban J connectivity index is 1.77. The molecule has 104 valence electrons. The van der Waals surface area contributed by atoms with Gasteiger partial charge in [-0.25, -0.2) is 4.68 Å². The third-order valence-corrected chi connectivity index (χ3v) is 3.19. The lowest BCUT2D eigenvalue weighted by Crippen LogP contribution is -2.12. The molecule has 0 saturated heterocycles. The van der Waals surface area contributed by atoms with E-state index in [-0.39, 0.29) is 5.91 Å². The monoisotopic (exact) mass is 299 g/mol. The first-order valence-corrected chi connectivity index (χ1v) is 6.51. The summed E-state index contributed by atoms with van der Waals surface area (Å²) in [6.07, 6.45) is 1.50. The summed E-state index contributed by atoms with van der Waals surface area (Å²) >= 11 is 5.99. The second-order valence-corrected chi connectivity index (χ2v) is 4.64. The summed E-state index contributed by atoms with van der Waals surface area (Å²) in [4.78, 5) is 12.1. The van der Waals surface area contributed by atoms with Gasteiger partial charge in [-0.3, -0.25) is 4.79 Å². The molecule has 7 heteroatoms. The number of nitrogens with zero attached hydrogens (tertiary/aromatic N) is 4. The van der Waals surface area contributed by atoms with Crippen molar-refractivity contribution < 1.29 is 4.79 Å². The van der Waals surface area contributed by atoms with E-state index in [9.17, 15) is 4.79 Å². The average Bonchev–Trinajstić information content (AvgIpc) is 3.02. The maximum atomic E-state index is 12.1. The maximum absolute atomic E-state index is 12.1. The standard InChI is InChI=1S/C14H10ClN5O/c15-13-4-2-1-3-12(13)14(21)17-10-5-7-11(8-6-10)20-9-16-18-19-20/h1-9H,(H,17,21). The van der Waals surface area contributed by atoms with E-state index in [1.54, 1.807) is 48.5 Å². The molecule has 0 aliphatic heterocycles. The topological polar surface area (TPSA) is 72.7 Å². The van der Waals surface area contributed by atoms with Gasteiger partial charge in [0, 0.05) is 5.69 Å². The number of tetrazole rings is 1. The number of anilines is 1. The van der Waals surface area contributed by atoms with E-state index in [0.29, 0.717) is 16.3 Å². The minimum atomic E-state index is -0.254. The van der Waals surface area contributed by atoms with E-state index in [4.69, 9.17) is 11.6 Å². The van der Waals surface area contributed by atoms with Gasteiger partial charge < -0.3 is 5.32 Å². The highest BCUT2D eigenvalue weighted by atomic mass is 35.5. The van der Waals surface area contributed by atoms with Crippen LogP contribution in [-0.2, 0) is 0 Å². The predicted octanol–water partition coefficient (Wildman–Crippen LogP) is 2.57. The molecule has 0 bridgehead atoms. The molecule has 0 radical (unpaired) electrons. The number of halogens is 1. The zero-order chi connectivity index (χ0) is 14.7. The number of aromatic nitrogens is 4. The number of carbonyl (C=O) groups excluding carboxylic acids is 1. The van der Waals surface area contributed by atoms with Gasteiger partial charge >= 0.3 is 0 Å². The summed E-state index contributed by atoms with van der Waals surface area (Å²) < 4.78 is 1.53. The van der Waals surface area contributed by atoms with Crippen LogP contribution in [0.15, 0.2) is 54.9 Å². The fourth-order valence-corrected chi connectivity index (χ4v) is 2.04. The number of benzene rings is 2. The minimum Gasteiger partial charge on any atom is -0.322 e. The summed E-state index contributed by atoms with van der Waals surface area (Å²) in [6.45, 7) is 0. The summed E-state index contributed by atoms with van der Waals surface area (Å²) in [6, 6.07) is 14.0. The third-order valence-electron chi connectivity index (χ3n) is 2.86. The number of hydrogen-bond acceptors (Lipinski definition) is 4. The van der Waals surface area contributed by atoms with Gasteiger partial charge in [-0.2, -0.15) is 0 Å². The Kier molecular flexibility index (Phi) is 3.61. The predicted molar refractivity (Wildman–Crippen MR) is 78.6 cm³/mol. The van der Waals surface area contributed by atoms with E-state index >= 15 is 0 Å².